The van der Waals surface area contributed by atoms with E-state index in [0.717, 1.165) is 5.56 Å². The number of aliphatic hydroxyl groups is 2. The van der Waals surface area contributed by atoms with Gasteiger partial charge >= 0.3 is 70.4 Å². The van der Waals surface area contributed by atoms with E-state index in [2.05, 4.69) is 13.1 Å². The van der Waals surface area contributed by atoms with Gasteiger partial charge < -0.3 is 68.1 Å². The zero-order valence-corrected chi connectivity index (χ0v) is 61.1. The Morgan fingerprint density at radius 1 is 0.356 bits per heavy atom. The van der Waals surface area contributed by atoms with Gasteiger partial charge in [0.15, 0.2) is 8.32 Å². The maximum Gasteiger partial charge on any atom is 0.522 e. The number of hydrogen-bond donors (Lipinski definition) is 2. The molecular formula is C60H74O16Si11. The van der Waals surface area contributed by atoms with Crippen molar-refractivity contribution in [2.75, 3.05) is 19.8 Å². The summed E-state index contributed by atoms with van der Waals surface area (Å²) in [4.78, 5) is 0. The Morgan fingerprint density at radius 2 is 0.678 bits per heavy atom. The Bertz CT molecular complexity index is 3440. The van der Waals surface area contributed by atoms with Gasteiger partial charge in [-0.05, 0) is 44.0 Å². The smallest absolute Gasteiger partial charge is 0.419 e. The molecular weight excluding hydrogens is 1290 g/mol. The van der Waals surface area contributed by atoms with E-state index in [1.165, 1.54) is 0 Å². The average molecular weight is 1360 g/mol. The number of fused-ring (bicyclic) bond motifs is 4. The SMILES string of the molecule is C[SiH2]O[Si]1(c2ccccc2)O[Si]2(Cc3ccccc3)O[Si](OCCCCO)(c3ccccc3)O[Si](c3ccccc3)(O1)O[Si]1(c3ccccc3)O[Si](O[SiH2]C)(c3ccccc3)O[Si](c3ccccc3)(O2)O[Si](O[Si](C)(C)CCCO)(c2ccccc2)O1. The van der Waals surface area contributed by atoms with Gasteiger partial charge in [0, 0.05) is 62.2 Å². The molecule has 0 radical (unpaired) electrons. The Labute approximate surface area is 524 Å². The second-order valence-electron chi connectivity index (χ2n) is 21.7. The highest BCUT2D eigenvalue weighted by Gasteiger charge is 2.80. The van der Waals surface area contributed by atoms with Gasteiger partial charge in [0.05, 0.1) is 0 Å². The van der Waals surface area contributed by atoms with Crippen molar-refractivity contribution in [3.63, 3.8) is 0 Å². The predicted molar refractivity (Wildman–Crippen MR) is 358 cm³/mol. The molecule has 0 spiro atoms. The van der Waals surface area contributed by atoms with Crippen molar-refractivity contribution in [3.05, 3.63) is 248 Å². The van der Waals surface area contributed by atoms with Crippen LogP contribution < -0.4 is 36.3 Å². The lowest BCUT2D eigenvalue weighted by atomic mass is 10.2. The molecule has 0 saturated carbocycles. The fourth-order valence-corrected chi connectivity index (χ4v) is 62.6. The van der Waals surface area contributed by atoms with Crippen molar-refractivity contribution in [2.45, 2.75) is 57.5 Å². The van der Waals surface area contributed by atoms with Gasteiger partial charge in [0.1, 0.15) is 19.5 Å². The van der Waals surface area contributed by atoms with E-state index in [1.54, 1.807) is 0 Å². The quantitative estimate of drug-likeness (QED) is 0.0677. The van der Waals surface area contributed by atoms with Gasteiger partial charge in [-0.15, -0.1) is 0 Å². The first-order valence-electron chi connectivity index (χ1n) is 29.6. The van der Waals surface area contributed by atoms with Crippen LogP contribution in [0.2, 0.25) is 32.2 Å². The summed E-state index contributed by atoms with van der Waals surface area (Å²) < 4.78 is 116. The minimum Gasteiger partial charge on any atom is -0.419 e. The molecule has 4 bridgehead atoms. The Morgan fingerprint density at radius 3 is 1.08 bits per heavy atom. The van der Waals surface area contributed by atoms with E-state index in [9.17, 15) is 10.2 Å². The monoisotopic (exact) mass is 1360 g/mol. The molecule has 27 heteroatoms. The number of aliphatic hydroxyl groups excluding tert-OH is 2. The summed E-state index contributed by atoms with van der Waals surface area (Å²) in [6, 6.07) is 77.9. The summed E-state index contributed by atoms with van der Waals surface area (Å²) in [5.74, 6) is 0. The molecule has 2 N–H and O–H groups in total. The normalized spacial score (nSPS) is 28.7. The highest BCUT2D eigenvalue weighted by Crippen LogP contribution is 2.44. The molecule has 4 heterocycles. The van der Waals surface area contributed by atoms with Crippen LogP contribution in [-0.4, -0.2) is 128 Å². The molecule has 4 fully saturated rings. The highest BCUT2D eigenvalue weighted by atomic mass is 28.6. The summed E-state index contributed by atoms with van der Waals surface area (Å²) >= 11 is 0. The average Bonchev–Trinajstić information content (AvgIpc) is 0.725. The largest absolute Gasteiger partial charge is 0.522 e. The molecule has 4 aliphatic rings. The van der Waals surface area contributed by atoms with Crippen LogP contribution in [0.4, 0.5) is 0 Å². The van der Waals surface area contributed by atoms with Crippen molar-refractivity contribution >= 4 is 135 Å². The van der Waals surface area contributed by atoms with Gasteiger partial charge in [-0.25, -0.2) is 0 Å². The van der Waals surface area contributed by atoms with E-state index < -0.39 is 98.3 Å². The van der Waals surface area contributed by atoms with Gasteiger partial charge in [0.25, 0.3) is 0 Å². The summed E-state index contributed by atoms with van der Waals surface area (Å²) in [6.45, 7) is 8.19. The molecule has 16 nitrogen and oxygen atoms in total. The third kappa shape index (κ3) is 13.9. The molecule has 8 unspecified atom stereocenters. The van der Waals surface area contributed by atoms with Crippen LogP contribution in [0.25, 0.3) is 0 Å². The molecule has 4 saturated heterocycles. The van der Waals surface area contributed by atoms with Crippen LogP contribution in [0.1, 0.15) is 24.8 Å². The van der Waals surface area contributed by atoms with Crippen LogP contribution in [0.5, 0.6) is 0 Å². The first-order chi connectivity index (χ1) is 42.3. The zero-order chi connectivity index (χ0) is 60.4. The standard InChI is InChI=1S/C60H74O16Si11/c1-77-64-82(55-36-17-7-18-37-55)68-80(52-53-32-13-5-14-33-53)67-81(63-50-30-29-48-61,54-34-15-6-16-35-54)70-86(71-82,59-44-25-11-26-45-59)76-87(60-46-27-12-28-47-60)73-83(65-78-2,56-38-19-8-20-39-56)72-85(69-80,58-42-23-10-24-43-58)74-84(75-87,57-40-21-9-22-41-57)66-79(3,4)51-31-49-62/h5-28,32-47,61-62H,29-31,48-52,77-78H2,1-4H3. The van der Waals surface area contributed by atoms with Crippen molar-refractivity contribution in [1.82, 2.24) is 0 Å². The van der Waals surface area contributed by atoms with E-state index in [-0.39, 0.29) is 25.9 Å². The van der Waals surface area contributed by atoms with E-state index in [1.807, 2.05) is 256 Å². The van der Waals surface area contributed by atoms with Gasteiger partial charge in [-0.3, -0.25) is 0 Å². The maximum absolute atomic E-state index is 10.6. The fraction of sp³-hybridized carbons (Fsp3) is 0.200. The molecule has 8 aromatic rings. The van der Waals surface area contributed by atoms with Crippen LogP contribution in [0, 0.1) is 0 Å². The number of benzene rings is 8. The predicted octanol–water partition coefficient (Wildman–Crippen LogP) is 4.53. The molecule has 4 aliphatic heterocycles. The van der Waals surface area contributed by atoms with Crippen molar-refractivity contribution in [2.24, 2.45) is 0 Å². The fourth-order valence-electron chi connectivity index (χ4n) is 10.9. The Kier molecular flexibility index (Phi) is 20.6. The van der Waals surface area contributed by atoms with Crippen LogP contribution >= 0.6 is 0 Å². The van der Waals surface area contributed by atoms with Gasteiger partial charge in [0.2, 0.25) is 0 Å². The summed E-state index contributed by atoms with van der Waals surface area (Å²) in [5, 5.41) is 24.6. The highest BCUT2D eigenvalue weighted by molar-refractivity contribution is 7.09. The minimum atomic E-state index is -5.24. The molecule has 12 rings (SSSR count). The number of hydrogen-bond acceptors (Lipinski definition) is 16. The van der Waals surface area contributed by atoms with E-state index in [4.69, 9.17) is 57.9 Å². The Hall–Kier alpha value is -4.49. The first-order valence-corrected chi connectivity index (χ1v) is 50.7. The number of unbranched alkanes of at least 4 members (excludes halogenated alkanes) is 1. The molecule has 8 atom stereocenters. The van der Waals surface area contributed by atoms with Gasteiger partial charge in [-0.2, -0.15) is 0 Å². The third-order valence-corrected chi connectivity index (χ3v) is 55.7. The lowest BCUT2D eigenvalue weighted by Gasteiger charge is -2.57. The molecule has 8 aromatic carbocycles. The maximum atomic E-state index is 10.6. The van der Waals surface area contributed by atoms with Crippen LogP contribution in [0.15, 0.2) is 243 Å². The summed E-state index contributed by atoms with van der Waals surface area (Å²) in [7, 11) is -46.2. The lowest BCUT2D eigenvalue weighted by Crippen LogP contribution is -2.89. The zero-order valence-electron chi connectivity index (χ0n) is 49.3. The van der Waals surface area contributed by atoms with Crippen molar-refractivity contribution in [1.29, 1.82) is 0 Å². The Balaban J connectivity index is 1.40. The first kappa shape index (κ1) is 64.1. The van der Waals surface area contributed by atoms with Crippen molar-refractivity contribution in [3.8, 4) is 0 Å². The summed E-state index contributed by atoms with van der Waals surface area (Å²) in [5.41, 5.74) is 0.774. The minimum absolute atomic E-state index is 0.0431. The molecule has 87 heavy (non-hydrogen) atoms. The summed E-state index contributed by atoms with van der Waals surface area (Å²) in [6.07, 6.45) is 1.28. The van der Waals surface area contributed by atoms with Crippen molar-refractivity contribution < 1.29 is 68.1 Å². The van der Waals surface area contributed by atoms with Crippen LogP contribution in [0.3, 0.4) is 0 Å². The molecule has 0 aromatic heterocycles. The van der Waals surface area contributed by atoms with Crippen LogP contribution in [-0.2, 0) is 64.0 Å². The molecule has 0 aliphatic carbocycles. The second-order valence-corrected chi connectivity index (χ2v) is 52.0. The topological polar surface area (TPSA) is 170 Å². The lowest BCUT2D eigenvalue weighted by molar-refractivity contribution is 0.0344. The van der Waals surface area contributed by atoms with E-state index in [0.29, 0.717) is 61.6 Å². The third-order valence-electron chi connectivity index (χ3n) is 14.8. The molecule has 0 amide bonds. The number of rotatable bonds is 23. The van der Waals surface area contributed by atoms with Gasteiger partial charge in [-0.1, -0.05) is 256 Å². The van der Waals surface area contributed by atoms with E-state index >= 15 is 0 Å². The second kappa shape index (κ2) is 27.9. The molecule has 454 valence electrons.